The van der Waals surface area contributed by atoms with Crippen LogP contribution >= 0.6 is 0 Å². The molecule has 0 aliphatic rings. The third-order valence-corrected chi connectivity index (χ3v) is 3.84. The number of carbonyl (C=O) groups is 2. The van der Waals surface area contributed by atoms with Gasteiger partial charge in [0, 0.05) is 20.1 Å². The number of benzene rings is 2. The zero-order chi connectivity index (χ0) is 18.8. The largest absolute Gasteiger partial charge is 0.489 e. The van der Waals surface area contributed by atoms with Crippen LogP contribution in [0.4, 0.5) is 4.79 Å². The van der Waals surface area contributed by atoms with E-state index in [9.17, 15) is 9.59 Å². The molecule has 0 unspecified atom stereocenters. The van der Waals surface area contributed by atoms with Crippen LogP contribution in [0.1, 0.15) is 17.5 Å². The van der Waals surface area contributed by atoms with Crippen LogP contribution < -0.4 is 10.1 Å². The lowest BCUT2D eigenvalue weighted by atomic mass is 10.1. The third kappa shape index (κ3) is 6.84. The van der Waals surface area contributed by atoms with E-state index in [2.05, 4.69) is 5.32 Å². The van der Waals surface area contributed by atoms with Crippen LogP contribution in [-0.4, -0.2) is 42.1 Å². The molecule has 2 rings (SSSR count). The first-order chi connectivity index (χ1) is 12.5. The number of nitrogens with one attached hydrogen (secondary N) is 1. The Hall–Kier alpha value is -3.02. The molecule has 0 spiro atoms. The predicted octanol–water partition coefficient (Wildman–Crippen LogP) is 2.92. The molecule has 6 nitrogen and oxygen atoms in total. The number of hydrogen-bond donors (Lipinski definition) is 2. The van der Waals surface area contributed by atoms with Crippen molar-refractivity contribution < 1.29 is 19.4 Å². The Morgan fingerprint density at radius 3 is 2.54 bits per heavy atom. The van der Waals surface area contributed by atoms with Gasteiger partial charge in [-0.15, -0.1) is 0 Å². The van der Waals surface area contributed by atoms with Crippen molar-refractivity contribution in [3.05, 3.63) is 65.7 Å². The summed E-state index contributed by atoms with van der Waals surface area (Å²) in [6, 6.07) is 17.5. The van der Waals surface area contributed by atoms with Gasteiger partial charge in [-0.1, -0.05) is 42.5 Å². The highest BCUT2D eigenvalue weighted by molar-refractivity contribution is 5.75. The first kappa shape index (κ1) is 19.3. The molecule has 0 bridgehead atoms. The molecule has 2 aromatic carbocycles. The SMILES string of the molecule is CN(CCC(=O)O)C(=O)NCCc1cccc(OCc2ccccc2)c1. The van der Waals surface area contributed by atoms with Crippen LogP contribution in [0.15, 0.2) is 54.6 Å². The quantitative estimate of drug-likeness (QED) is 0.724. The van der Waals surface area contributed by atoms with E-state index in [0.29, 0.717) is 19.6 Å². The number of nitrogens with zero attached hydrogens (tertiary/aromatic N) is 1. The number of amides is 2. The summed E-state index contributed by atoms with van der Waals surface area (Å²) in [4.78, 5) is 23.8. The molecule has 138 valence electrons. The van der Waals surface area contributed by atoms with Gasteiger partial charge in [-0.05, 0) is 29.7 Å². The van der Waals surface area contributed by atoms with E-state index in [4.69, 9.17) is 9.84 Å². The molecule has 26 heavy (non-hydrogen) atoms. The van der Waals surface area contributed by atoms with Crippen LogP contribution in [0, 0.1) is 0 Å². The Morgan fingerprint density at radius 1 is 1.08 bits per heavy atom. The lowest BCUT2D eigenvalue weighted by Gasteiger charge is -2.17. The van der Waals surface area contributed by atoms with Gasteiger partial charge >= 0.3 is 12.0 Å². The van der Waals surface area contributed by atoms with Gasteiger partial charge in [0.2, 0.25) is 0 Å². The Balaban J connectivity index is 1.76. The summed E-state index contributed by atoms with van der Waals surface area (Å²) in [5.74, 6) is -0.131. The lowest BCUT2D eigenvalue weighted by molar-refractivity contribution is -0.137. The van der Waals surface area contributed by atoms with Crippen molar-refractivity contribution in [2.75, 3.05) is 20.1 Å². The molecule has 0 saturated heterocycles. The number of urea groups is 1. The maximum absolute atomic E-state index is 11.9. The zero-order valence-electron chi connectivity index (χ0n) is 14.9. The van der Waals surface area contributed by atoms with Crippen molar-refractivity contribution >= 4 is 12.0 Å². The Bertz CT molecular complexity index is 719. The monoisotopic (exact) mass is 356 g/mol. The number of hydrogen-bond acceptors (Lipinski definition) is 3. The molecule has 2 N–H and O–H groups in total. The van der Waals surface area contributed by atoms with Crippen molar-refractivity contribution in [1.29, 1.82) is 0 Å². The first-order valence-electron chi connectivity index (χ1n) is 8.51. The lowest BCUT2D eigenvalue weighted by Crippen LogP contribution is -2.39. The van der Waals surface area contributed by atoms with Gasteiger partial charge in [-0.3, -0.25) is 4.79 Å². The van der Waals surface area contributed by atoms with E-state index in [-0.39, 0.29) is 19.0 Å². The molecular formula is C20H24N2O4. The molecule has 0 atom stereocenters. The summed E-state index contributed by atoms with van der Waals surface area (Å²) in [6.07, 6.45) is 0.603. The molecule has 2 aromatic rings. The predicted molar refractivity (Wildman–Crippen MR) is 99.2 cm³/mol. The number of carboxylic acids is 1. The summed E-state index contributed by atoms with van der Waals surface area (Å²) in [5, 5.41) is 11.4. The fourth-order valence-electron chi connectivity index (χ4n) is 2.35. The summed E-state index contributed by atoms with van der Waals surface area (Å²) in [7, 11) is 1.58. The van der Waals surface area contributed by atoms with Gasteiger partial charge in [0.1, 0.15) is 12.4 Å². The molecule has 0 saturated carbocycles. The van der Waals surface area contributed by atoms with Gasteiger partial charge in [-0.25, -0.2) is 4.79 Å². The van der Waals surface area contributed by atoms with Crippen molar-refractivity contribution in [3.63, 3.8) is 0 Å². The highest BCUT2D eigenvalue weighted by Crippen LogP contribution is 2.15. The van der Waals surface area contributed by atoms with Crippen LogP contribution in [0.25, 0.3) is 0 Å². The standard InChI is InChI=1S/C20H24N2O4/c1-22(13-11-19(23)24)20(25)21-12-10-16-8-5-9-18(14-16)26-15-17-6-3-2-4-7-17/h2-9,14H,10-13,15H2,1H3,(H,21,25)(H,23,24). The highest BCUT2D eigenvalue weighted by Gasteiger charge is 2.09. The van der Waals surface area contributed by atoms with E-state index >= 15 is 0 Å². The van der Waals surface area contributed by atoms with Crippen LogP contribution in [0.5, 0.6) is 5.75 Å². The Kier molecular flexibility index (Phi) is 7.49. The Morgan fingerprint density at radius 2 is 1.81 bits per heavy atom. The number of rotatable bonds is 9. The molecule has 6 heteroatoms. The van der Waals surface area contributed by atoms with E-state index in [1.54, 1.807) is 7.05 Å². The van der Waals surface area contributed by atoms with Crippen LogP contribution in [-0.2, 0) is 17.8 Å². The molecule has 0 aromatic heterocycles. The molecule has 0 aliphatic carbocycles. The average molecular weight is 356 g/mol. The number of carboxylic acid groups (broad SMARTS) is 1. The van der Waals surface area contributed by atoms with Gasteiger partial charge in [0.05, 0.1) is 6.42 Å². The van der Waals surface area contributed by atoms with Crippen LogP contribution in [0.3, 0.4) is 0 Å². The maximum Gasteiger partial charge on any atom is 0.317 e. The topological polar surface area (TPSA) is 78.9 Å². The van der Waals surface area contributed by atoms with Crippen molar-refractivity contribution in [1.82, 2.24) is 10.2 Å². The zero-order valence-corrected chi connectivity index (χ0v) is 14.9. The minimum absolute atomic E-state index is 0.0648. The number of aliphatic carboxylic acids is 1. The summed E-state index contributed by atoms with van der Waals surface area (Å²) in [6.45, 7) is 1.16. The smallest absolute Gasteiger partial charge is 0.317 e. The summed E-state index contributed by atoms with van der Waals surface area (Å²) >= 11 is 0. The fourth-order valence-corrected chi connectivity index (χ4v) is 2.35. The van der Waals surface area contributed by atoms with Crippen molar-refractivity contribution in [2.45, 2.75) is 19.4 Å². The Labute approximate surface area is 153 Å². The second-order valence-corrected chi connectivity index (χ2v) is 5.97. The van der Waals surface area contributed by atoms with Gasteiger partial charge < -0.3 is 20.1 Å². The van der Waals surface area contributed by atoms with Crippen LogP contribution in [0.2, 0.25) is 0 Å². The number of ether oxygens (including phenoxy) is 1. The first-order valence-corrected chi connectivity index (χ1v) is 8.51. The highest BCUT2D eigenvalue weighted by atomic mass is 16.5. The van der Waals surface area contributed by atoms with E-state index < -0.39 is 5.97 Å². The molecular weight excluding hydrogens is 332 g/mol. The minimum atomic E-state index is -0.919. The van der Waals surface area contributed by atoms with Gasteiger partial charge in [0.15, 0.2) is 0 Å². The van der Waals surface area contributed by atoms with E-state index in [1.807, 2.05) is 54.6 Å². The average Bonchev–Trinajstić information content (AvgIpc) is 2.65. The third-order valence-electron chi connectivity index (χ3n) is 3.84. The fraction of sp³-hybridized carbons (Fsp3) is 0.300. The maximum atomic E-state index is 11.9. The van der Waals surface area contributed by atoms with Crippen molar-refractivity contribution in [3.8, 4) is 5.75 Å². The second-order valence-electron chi connectivity index (χ2n) is 5.97. The van der Waals surface area contributed by atoms with E-state index in [0.717, 1.165) is 16.9 Å². The van der Waals surface area contributed by atoms with Gasteiger partial charge in [-0.2, -0.15) is 0 Å². The molecule has 0 fully saturated rings. The molecule has 0 radical (unpaired) electrons. The van der Waals surface area contributed by atoms with Gasteiger partial charge in [0.25, 0.3) is 0 Å². The molecule has 0 heterocycles. The van der Waals surface area contributed by atoms with E-state index in [1.165, 1.54) is 4.90 Å². The second kappa shape index (κ2) is 10.1. The molecule has 2 amide bonds. The molecule has 0 aliphatic heterocycles. The van der Waals surface area contributed by atoms with Crippen molar-refractivity contribution in [2.24, 2.45) is 0 Å². The summed E-state index contributed by atoms with van der Waals surface area (Å²) < 4.78 is 5.80. The minimum Gasteiger partial charge on any atom is -0.489 e. The normalized spacial score (nSPS) is 10.2. The summed E-state index contributed by atoms with van der Waals surface area (Å²) in [5.41, 5.74) is 2.17. The number of carbonyl (C=O) groups excluding carboxylic acids is 1.